The van der Waals surface area contributed by atoms with Gasteiger partial charge >= 0.3 is 0 Å². The number of benzene rings is 3. The molecule has 3 aromatic rings. The van der Waals surface area contributed by atoms with Crippen molar-refractivity contribution in [1.82, 2.24) is 5.32 Å². The number of thioether (sulfide) groups is 1. The Hall–Kier alpha value is -2.73. The second-order valence-electron chi connectivity index (χ2n) is 6.88. The molecule has 4 nitrogen and oxygen atoms in total. The van der Waals surface area contributed by atoms with E-state index in [0.717, 1.165) is 22.4 Å². The number of aliphatic imine (C=N–C) groups is 1. The van der Waals surface area contributed by atoms with Crippen LogP contribution in [0.5, 0.6) is 5.75 Å². The number of carbonyl (C=O) groups excluding carboxylic acids is 1. The van der Waals surface area contributed by atoms with Gasteiger partial charge in [0.25, 0.3) is 5.91 Å². The number of rotatable bonds is 5. The molecule has 31 heavy (non-hydrogen) atoms. The van der Waals surface area contributed by atoms with Crippen molar-refractivity contribution >= 4 is 57.8 Å². The van der Waals surface area contributed by atoms with E-state index in [1.165, 1.54) is 11.8 Å². The highest BCUT2D eigenvalue weighted by atomic mass is 35.5. The summed E-state index contributed by atoms with van der Waals surface area (Å²) in [5, 5.41) is 4.48. The first-order chi connectivity index (χ1) is 15.0. The Bertz CT molecular complexity index is 1190. The lowest BCUT2D eigenvalue weighted by atomic mass is 10.2. The zero-order valence-corrected chi connectivity index (χ0v) is 18.9. The van der Waals surface area contributed by atoms with Crippen LogP contribution in [0.3, 0.4) is 0 Å². The van der Waals surface area contributed by atoms with Gasteiger partial charge in [-0.05, 0) is 55.1 Å². The molecule has 0 aromatic heterocycles. The molecule has 0 aliphatic carbocycles. The molecule has 1 aliphatic rings. The van der Waals surface area contributed by atoms with Gasteiger partial charge in [0.15, 0.2) is 5.17 Å². The summed E-state index contributed by atoms with van der Waals surface area (Å²) in [7, 11) is 0. The van der Waals surface area contributed by atoms with Gasteiger partial charge in [0, 0.05) is 21.2 Å². The number of hydrogen-bond donors (Lipinski definition) is 1. The summed E-state index contributed by atoms with van der Waals surface area (Å²) in [5.41, 5.74) is 3.57. The zero-order valence-electron chi connectivity index (χ0n) is 16.6. The van der Waals surface area contributed by atoms with Crippen molar-refractivity contribution in [2.45, 2.75) is 13.5 Å². The molecule has 4 rings (SSSR count). The van der Waals surface area contributed by atoms with E-state index in [0.29, 0.717) is 25.9 Å². The Morgan fingerprint density at radius 2 is 1.84 bits per heavy atom. The monoisotopic (exact) mass is 468 g/mol. The van der Waals surface area contributed by atoms with Crippen LogP contribution in [0.4, 0.5) is 5.69 Å². The third-order valence-electron chi connectivity index (χ3n) is 4.52. The Balaban J connectivity index is 1.52. The molecule has 1 aliphatic heterocycles. The maximum Gasteiger partial charge on any atom is 0.264 e. The summed E-state index contributed by atoms with van der Waals surface area (Å²) in [6.45, 7) is 2.31. The fourth-order valence-corrected chi connectivity index (χ4v) is 4.18. The number of para-hydroxylation sites is 1. The number of aryl methyl sites for hydroxylation is 1. The molecule has 1 amide bonds. The summed E-state index contributed by atoms with van der Waals surface area (Å²) in [5.74, 6) is 0.463. The highest BCUT2D eigenvalue weighted by molar-refractivity contribution is 8.18. The maximum atomic E-state index is 12.4. The van der Waals surface area contributed by atoms with Gasteiger partial charge in [-0.3, -0.25) is 4.79 Å². The van der Waals surface area contributed by atoms with Crippen LogP contribution >= 0.6 is 35.0 Å². The highest BCUT2D eigenvalue weighted by Crippen LogP contribution is 2.31. The van der Waals surface area contributed by atoms with Crippen LogP contribution in [0.1, 0.15) is 16.7 Å². The van der Waals surface area contributed by atoms with Gasteiger partial charge in [-0.15, -0.1) is 0 Å². The predicted molar refractivity (Wildman–Crippen MR) is 129 cm³/mol. The maximum absolute atomic E-state index is 12.4. The molecule has 156 valence electrons. The molecule has 0 atom stereocenters. The summed E-state index contributed by atoms with van der Waals surface area (Å²) < 4.78 is 5.98. The van der Waals surface area contributed by atoms with Crippen molar-refractivity contribution in [3.05, 3.63) is 98.4 Å². The van der Waals surface area contributed by atoms with Crippen LogP contribution in [0.15, 0.2) is 76.6 Å². The Labute approximate surface area is 194 Å². The van der Waals surface area contributed by atoms with Gasteiger partial charge in [0.2, 0.25) is 0 Å². The average Bonchev–Trinajstić information content (AvgIpc) is 3.09. The Kier molecular flexibility index (Phi) is 6.66. The first kappa shape index (κ1) is 21.5. The fourth-order valence-electron chi connectivity index (χ4n) is 2.88. The number of nitrogens with zero attached hydrogens (tertiary/aromatic N) is 1. The molecular formula is C24H18Cl2N2O2S. The second-order valence-corrected chi connectivity index (χ2v) is 8.75. The molecule has 3 aromatic carbocycles. The minimum Gasteiger partial charge on any atom is -0.488 e. The topological polar surface area (TPSA) is 50.7 Å². The third-order valence-corrected chi connectivity index (χ3v) is 6.02. The van der Waals surface area contributed by atoms with Crippen molar-refractivity contribution in [3.63, 3.8) is 0 Å². The van der Waals surface area contributed by atoms with Crippen LogP contribution < -0.4 is 10.1 Å². The molecule has 1 saturated heterocycles. The van der Waals surface area contributed by atoms with E-state index < -0.39 is 0 Å². The third kappa shape index (κ3) is 5.50. The molecule has 7 heteroatoms. The Morgan fingerprint density at radius 1 is 1.06 bits per heavy atom. The SMILES string of the molecule is Cc1ccc(N=C2NC(=O)/C(=C\c3ccccc3OCc3ccc(Cl)cc3Cl)S2)cc1. The van der Waals surface area contributed by atoms with Crippen LogP contribution in [-0.2, 0) is 11.4 Å². The van der Waals surface area contributed by atoms with E-state index in [4.69, 9.17) is 27.9 Å². The number of nitrogens with one attached hydrogen (secondary N) is 1. The van der Waals surface area contributed by atoms with E-state index in [9.17, 15) is 4.79 Å². The van der Waals surface area contributed by atoms with E-state index >= 15 is 0 Å². The van der Waals surface area contributed by atoms with Crippen LogP contribution in [0, 0.1) is 6.92 Å². The summed E-state index contributed by atoms with van der Waals surface area (Å²) >= 11 is 13.5. The summed E-state index contributed by atoms with van der Waals surface area (Å²) in [6.07, 6.45) is 1.80. The highest BCUT2D eigenvalue weighted by Gasteiger charge is 2.24. The van der Waals surface area contributed by atoms with Crippen molar-refractivity contribution in [2.24, 2.45) is 4.99 Å². The second kappa shape index (κ2) is 9.60. The molecule has 0 unspecified atom stereocenters. The smallest absolute Gasteiger partial charge is 0.264 e. The normalized spacial score (nSPS) is 16.0. The minimum atomic E-state index is -0.189. The number of hydrogen-bond acceptors (Lipinski definition) is 4. The molecule has 1 fully saturated rings. The van der Waals surface area contributed by atoms with Crippen LogP contribution in [-0.4, -0.2) is 11.1 Å². The first-order valence-corrected chi connectivity index (χ1v) is 11.1. The van der Waals surface area contributed by atoms with E-state index in [-0.39, 0.29) is 12.5 Å². The van der Waals surface area contributed by atoms with Crippen LogP contribution in [0.2, 0.25) is 10.0 Å². The molecule has 0 saturated carbocycles. The molecule has 1 heterocycles. The van der Waals surface area contributed by atoms with Gasteiger partial charge in [-0.1, -0.05) is 65.2 Å². The number of ether oxygens (including phenoxy) is 1. The standard InChI is InChI=1S/C24H18Cl2N2O2S/c1-15-6-10-19(11-7-15)27-24-28-23(29)22(31-24)12-16-4-2-3-5-21(16)30-14-17-8-9-18(25)13-20(17)26/h2-13H,14H2,1H3,(H,27,28,29)/b22-12+. The molecule has 0 spiro atoms. The molecule has 0 radical (unpaired) electrons. The predicted octanol–water partition coefficient (Wildman–Crippen LogP) is 6.77. The number of amidine groups is 1. The van der Waals surface area contributed by atoms with E-state index in [1.807, 2.05) is 61.5 Å². The summed E-state index contributed by atoms with van der Waals surface area (Å²) in [6, 6.07) is 20.6. The van der Waals surface area contributed by atoms with Gasteiger partial charge in [0.05, 0.1) is 10.6 Å². The molecule has 1 N–H and O–H groups in total. The van der Waals surface area contributed by atoms with Crippen molar-refractivity contribution in [1.29, 1.82) is 0 Å². The number of amides is 1. The lowest BCUT2D eigenvalue weighted by Gasteiger charge is -2.11. The van der Waals surface area contributed by atoms with Crippen molar-refractivity contribution in [3.8, 4) is 5.75 Å². The zero-order chi connectivity index (χ0) is 21.8. The number of halogens is 2. The van der Waals surface area contributed by atoms with Crippen LogP contribution in [0.25, 0.3) is 6.08 Å². The lowest BCUT2D eigenvalue weighted by molar-refractivity contribution is -0.115. The van der Waals surface area contributed by atoms with Crippen molar-refractivity contribution < 1.29 is 9.53 Å². The molecular weight excluding hydrogens is 451 g/mol. The van der Waals surface area contributed by atoms with Crippen molar-refractivity contribution in [2.75, 3.05) is 0 Å². The van der Waals surface area contributed by atoms with Gasteiger partial charge in [-0.25, -0.2) is 4.99 Å². The van der Waals surface area contributed by atoms with E-state index in [1.54, 1.807) is 18.2 Å². The molecule has 0 bridgehead atoms. The lowest BCUT2D eigenvalue weighted by Crippen LogP contribution is -2.19. The van der Waals surface area contributed by atoms with Gasteiger partial charge in [0.1, 0.15) is 12.4 Å². The van der Waals surface area contributed by atoms with E-state index in [2.05, 4.69) is 10.3 Å². The van der Waals surface area contributed by atoms with Gasteiger partial charge in [-0.2, -0.15) is 0 Å². The number of carbonyl (C=O) groups is 1. The first-order valence-electron chi connectivity index (χ1n) is 9.50. The minimum absolute atomic E-state index is 0.189. The summed E-state index contributed by atoms with van der Waals surface area (Å²) in [4.78, 5) is 17.5. The van der Waals surface area contributed by atoms with Gasteiger partial charge < -0.3 is 10.1 Å². The Morgan fingerprint density at radius 3 is 2.61 bits per heavy atom. The quantitative estimate of drug-likeness (QED) is 0.420. The average molecular weight is 469 g/mol. The fraction of sp³-hybridized carbons (Fsp3) is 0.0833. The largest absolute Gasteiger partial charge is 0.488 e.